The Balaban J connectivity index is 1.58. The van der Waals surface area contributed by atoms with Crippen LogP contribution < -0.4 is 15.4 Å². The smallest absolute Gasteiger partial charge is 0.254 e. The van der Waals surface area contributed by atoms with Crippen molar-refractivity contribution in [1.29, 1.82) is 0 Å². The molecule has 1 aliphatic heterocycles. The van der Waals surface area contributed by atoms with Gasteiger partial charge in [0.05, 0.1) is 5.56 Å². The van der Waals surface area contributed by atoms with Gasteiger partial charge in [-0.15, -0.1) is 0 Å². The normalized spacial score (nSPS) is 32.3. The summed E-state index contributed by atoms with van der Waals surface area (Å²) < 4.78 is 45.4. The van der Waals surface area contributed by atoms with E-state index >= 15 is 0 Å². The third-order valence-corrected chi connectivity index (χ3v) is 6.02. The molecule has 2 N–H and O–H groups in total. The van der Waals surface area contributed by atoms with Crippen LogP contribution in [0.25, 0.3) is 0 Å². The number of hydrogen-bond donors (Lipinski definition) is 2. The van der Waals surface area contributed by atoms with Crippen LogP contribution in [0.1, 0.15) is 52.0 Å². The van der Waals surface area contributed by atoms with Crippen molar-refractivity contribution >= 4 is 11.8 Å². The lowest BCUT2D eigenvalue weighted by molar-refractivity contribution is -0.00623. The fourth-order valence-corrected chi connectivity index (χ4v) is 4.40. The Morgan fingerprint density at radius 1 is 1.22 bits per heavy atom. The number of carbonyl (C=O) groups excluding carboxylic acids is 2. The van der Waals surface area contributed by atoms with E-state index in [1.54, 1.807) is 13.0 Å². The van der Waals surface area contributed by atoms with Crippen molar-refractivity contribution in [2.75, 3.05) is 13.7 Å². The van der Waals surface area contributed by atoms with E-state index in [9.17, 15) is 22.8 Å². The van der Waals surface area contributed by atoms with E-state index in [0.717, 1.165) is 0 Å². The van der Waals surface area contributed by atoms with Gasteiger partial charge in [-0.1, -0.05) is 6.92 Å². The van der Waals surface area contributed by atoms with Gasteiger partial charge in [0.25, 0.3) is 11.8 Å². The molecule has 0 spiro atoms. The molecule has 2 amide bonds. The first-order valence-electron chi connectivity index (χ1n) is 9.07. The fraction of sp³-hybridized carbons (Fsp3) is 0.579. The highest BCUT2D eigenvalue weighted by Crippen LogP contribution is 2.58. The van der Waals surface area contributed by atoms with Crippen LogP contribution in [0, 0.1) is 11.8 Å². The van der Waals surface area contributed by atoms with Gasteiger partial charge in [-0.25, -0.2) is 13.2 Å². The molecule has 2 saturated carbocycles. The number of benzene rings is 1. The Morgan fingerprint density at radius 3 is 2.48 bits per heavy atom. The van der Waals surface area contributed by atoms with Gasteiger partial charge in [0.1, 0.15) is 18.5 Å². The number of halogens is 3. The summed E-state index contributed by atoms with van der Waals surface area (Å²) in [5, 5.41) is 5.30. The van der Waals surface area contributed by atoms with Gasteiger partial charge < -0.3 is 15.4 Å². The summed E-state index contributed by atoms with van der Waals surface area (Å²) in [6.07, 6.45) is -1.09. The lowest BCUT2D eigenvalue weighted by Gasteiger charge is -2.15. The van der Waals surface area contributed by atoms with Crippen LogP contribution in [0.2, 0.25) is 0 Å². The molecule has 1 aromatic rings. The van der Waals surface area contributed by atoms with E-state index in [1.165, 1.54) is 13.1 Å². The summed E-state index contributed by atoms with van der Waals surface area (Å²) in [5.74, 6) is -3.86. The fourth-order valence-electron chi connectivity index (χ4n) is 4.40. The average Bonchev–Trinajstić information content (AvgIpc) is 2.97. The van der Waals surface area contributed by atoms with Gasteiger partial charge in [-0.05, 0) is 24.0 Å². The lowest BCUT2D eigenvalue weighted by Crippen LogP contribution is -2.31. The maximum absolute atomic E-state index is 13.3. The molecule has 0 aromatic heterocycles. The largest absolute Gasteiger partial charge is 0.486 e. The molecule has 0 unspecified atom stereocenters. The van der Waals surface area contributed by atoms with Crippen molar-refractivity contribution in [3.05, 3.63) is 28.8 Å². The minimum atomic E-state index is -2.63. The molecule has 5 nitrogen and oxygen atoms in total. The van der Waals surface area contributed by atoms with Crippen molar-refractivity contribution < 1.29 is 27.5 Å². The van der Waals surface area contributed by atoms with Crippen molar-refractivity contribution in [2.45, 2.75) is 43.8 Å². The second-order valence-electron chi connectivity index (χ2n) is 7.71. The number of nitrogens with one attached hydrogen (secondary N) is 2. The van der Waals surface area contributed by atoms with Gasteiger partial charge in [-0.2, -0.15) is 0 Å². The van der Waals surface area contributed by atoms with Crippen LogP contribution in [-0.2, 0) is 0 Å². The summed E-state index contributed by atoms with van der Waals surface area (Å²) in [7, 11) is 1.46. The van der Waals surface area contributed by atoms with Crippen LogP contribution in [0.15, 0.2) is 12.1 Å². The van der Waals surface area contributed by atoms with Gasteiger partial charge >= 0.3 is 0 Å². The van der Waals surface area contributed by atoms with Crippen LogP contribution in [0.4, 0.5) is 13.2 Å². The summed E-state index contributed by atoms with van der Waals surface area (Å²) in [4.78, 5) is 24.9. The van der Waals surface area contributed by atoms with Crippen molar-refractivity contribution in [2.24, 2.45) is 11.8 Å². The van der Waals surface area contributed by atoms with Crippen LogP contribution in [-0.4, -0.2) is 43.6 Å². The van der Waals surface area contributed by atoms with E-state index < -0.39 is 30.5 Å². The number of rotatable bonds is 4. The number of amides is 2. The molecule has 4 rings (SSSR count). The quantitative estimate of drug-likeness (QED) is 0.841. The number of alkyl halides is 3. The molecule has 5 atom stereocenters. The van der Waals surface area contributed by atoms with E-state index in [0.29, 0.717) is 11.3 Å². The second kappa shape index (κ2) is 6.14. The zero-order valence-electron chi connectivity index (χ0n) is 15.0. The van der Waals surface area contributed by atoms with Crippen LogP contribution >= 0.6 is 0 Å². The number of hydrogen-bond acceptors (Lipinski definition) is 3. The SMILES string of the molecule is CNC(=O)c1cc(C(=O)N[C@H]2[C@@H]3CC(F)(F)C[C@@H]32)cc2c1O[C@H](CF)[C@H]2C. The van der Waals surface area contributed by atoms with Crippen LogP contribution in [0.3, 0.4) is 0 Å². The molecule has 0 saturated heterocycles. The predicted octanol–water partition coefficient (Wildman–Crippen LogP) is 2.65. The Labute approximate surface area is 154 Å². The monoisotopic (exact) mass is 382 g/mol. The molecule has 1 aromatic carbocycles. The number of fused-ring (bicyclic) bond motifs is 2. The highest BCUT2D eigenvalue weighted by molar-refractivity contribution is 6.02. The minimum Gasteiger partial charge on any atom is -0.486 e. The lowest BCUT2D eigenvalue weighted by atomic mass is 9.93. The van der Waals surface area contributed by atoms with E-state index in [-0.39, 0.29) is 47.8 Å². The minimum absolute atomic E-state index is 0.172. The van der Waals surface area contributed by atoms with Crippen molar-refractivity contribution in [3.8, 4) is 5.75 Å². The maximum Gasteiger partial charge on any atom is 0.254 e. The van der Waals surface area contributed by atoms with E-state index in [1.807, 2.05) is 0 Å². The number of ether oxygens (including phenoxy) is 1. The molecule has 146 valence electrons. The van der Waals surface area contributed by atoms with Gasteiger partial charge in [-0.3, -0.25) is 9.59 Å². The number of carbonyl (C=O) groups is 2. The second-order valence-corrected chi connectivity index (χ2v) is 7.71. The summed E-state index contributed by atoms with van der Waals surface area (Å²) in [6, 6.07) is 2.76. The Bertz CT molecular complexity index is 800. The van der Waals surface area contributed by atoms with Crippen molar-refractivity contribution in [1.82, 2.24) is 10.6 Å². The molecular formula is C19H21F3N2O3. The molecule has 27 heavy (non-hydrogen) atoms. The first-order valence-corrected chi connectivity index (χ1v) is 9.07. The third-order valence-electron chi connectivity index (χ3n) is 6.02. The molecule has 2 aliphatic carbocycles. The highest BCUT2D eigenvalue weighted by Gasteiger charge is 2.63. The molecular weight excluding hydrogens is 361 g/mol. The predicted molar refractivity (Wildman–Crippen MR) is 91.1 cm³/mol. The Kier molecular flexibility index (Phi) is 4.12. The zero-order chi connectivity index (χ0) is 19.5. The maximum atomic E-state index is 13.3. The summed E-state index contributed by atoms with van der Waals surface area (Å²) in [6.45, 7) is 1.07. The zero-order valence-corrected chi connectivity index (χ0v) is 15.0. The molecule has 0 bridgehead atoms. The first kappa shape index (κ1) is 18.1. The molecule has 0 radical (unpaired) electrons. The molecule has 3 aliphatic rings. The standard InChI is InChI=1S/C19H21F3N2O3/c1-8-10-3-9(4-11(18(26)23-2)16(10)27-14(8)7-20)17(25)24-15-12-5-19(21,22)6-13(12)15/h3-4,8,12-15H,5-7H2,1-2H3,(H,23,26)(H,24,25)/t8-,12-,13+,14+,15+/m0/s1. The molecule has 2 fully saturated rings. The van der Waals surface area contributed by atoms with Gasteiger partial charge in [0.2, 0.25) is 5.92 Å². The summed E-state index contributed by atoms with van der Waals surface area (Å²) in [5.41, 5.74) is 1.02. The molecule has 8 heteroatoms. The van der Waals surface area contributed by atoms with Gasteiger partial charge in [0, 0.05) is 43.0 Å². The van der Waals surface area contributed by atoms with Crippen molar-refractivity contribution in [3.63, 3.8) is 0 Å². The summed E-state index contributed by atoms with van der Waals surface area (Å²) >= 11 is 0. The van der Waals surface area contributed by atoms with Crippen LogP contribution in [0.5, 0.6) is 5.75 Å². The molecule has 1 heterocycles. The Morgan fingerprint density at radius 2 is 1.89 bits per heavy atom. The van der Waals surface area contributed by atoms with E-state index in [2.05, 4.69) is 10.6 Å². The first-order chi connectivity index (χ1) is 12.8. The Hall–Kier alpha value is -2.25. The average molecular weight is 382 g/mol. The van der Waals surface area contributed by atoms with E-state index in [4.69, 9.17) is 4.74 Å². The highest BCUT2D eigenvalue weighted by atomic mass is 19.3. The topological polar surface area (TPSA) is 67.4 Å². The van der Waals surface area contributed by atoms with Gasteiger partial charge in [0.15, 0.2) is 0 Å². The third kappa shape index (κ3) is 2.95.